The van der Waals surface area contributed by atoms with E-state index < -0.39 is 5.91 Å². The molecular formula is C20H22N4O2S2. The molecule has 0 aliphatic heterocycles. The van der Waals surface area contributed by atoms with Crippen molar-refractivity contribution in [3.05, 3.63) is 39.8 Å². The van der Waals surface area contributed by atoms with Crippen LogP contribution in [-0.2, 0) is 12.8 Å². The van der Waals surface area contributed by atoms with Crippen molar-refractivity contribution < 1.29 is 9.59 Å². The van der Waals surface area contributed by atoms with Gasteiger partial charge in [-0.05, 0) is 54.4 Å². The van der Waals surface area contributed by atoms with Crippen molar-refractivity contribution in [2.75, 3.05) is 5.32 Å². The number of aromatic nitrogens is 2. The average Bonchev–Trinajstić information content (AvgIpc) is 3.23. The fourth-order valence-corrected chi connectivity index (χ4v) is 5.62. The summed E-state index contributed by atoms with van der Waals surface area (Å²) in [4.78, 5) is 26.1. The maximum absolute atomic E-state index is 12.8. The summed E-state index contributed by atoms with van der Waals surface area (Å²) in [6.07, 6.45) is 2.75. The van der Waals surface area contributed by atoms with E-state index in [0.717, 1.165) is 46.9 Å². The minimum Gasteiger partial charge on any atom is -0.365 e. The van der Waals surface area contributed by atoms with Gasteiger partial charge >= 0.3 is 0 Å². The van der Waals surface area contributed by atoms with Crippen molar-refractivity contribution in [2.45, 2.75) is 40.0 Å². The highest BCUT2D eigenvalue weighted by molar-refractivity contribution is 7.17. The summed E-state index contributed by atoms with van der Waals surface area (Å²) in [6.45, 7) is 6.74. The maximum Gasteiger partial charge on any atom is 0.256 e. The van der Waals surface area contributed by atoms with Gasteiger partial charge in [-0.15, -0.1) is 11.3 Å². The third kappa shape index (κ3) is 3.42. The molecule has 8 heteroatoms. The lowest BCUT2D eigenvalue weighted by molar-refractivity contribution is 0.1000. The molecular weight excluding hydrogens is 392 g/mol. The van der Waals surface area contributed by atoms with Crippen LogP contribution < -0.4 is 11.1 Å². The fourth-order valence-electron chi connectivity index (χ4n) is 3.77. The second-order valence-corrected chi connectivity index (χ2v) is 9.93. The van der Waals surface area contributed by atoms with Crippen molar-refractivity contribution in [2.24, 2.45) is 17.1 Å². The van der Waals surface area contributed by atoms with E-state index in [2.05, 4.69) is 34.8 Å². The number of nitrogens with two attached hydrogens (primary N) is 1. The molecule has 0 bridgehead atoms. The van der Waals surface area contributed by atoms with Crippen molar-refractivity contribution in [3.8, 4) is 0 Å². The number of carbonyl (C=O) groups excluding carboxylic acids is 2. The highest BCUT2D eigenvalue weighted by Gasteiger charge is 2.33. The molecule has 2 amide bonds. The maximum atomic E-state index is 12.8. The van der Waals surface area contributed by atoms with E-state index in [1.54, 1.807) is 18.2 Å². The van der Waals surface area contributed by atoms with Crippen LogP contribution >= 0.6 is 23.1 Å². The van der Waals surface area contributed by atoms with Gasteiger partial charge in [0.2, 0.25) is 0 Å². The Morgan fingerprint density at radius 3 is 2.68 bits per heavy atom. The first-order valence-electron chi connectivity index (χ1n) is 9.22. The number of hydrogen-bond acceptors (Lipinski definition) is 6. The third-order valence-electron chi connectivity index (χ3n) is 5.48. The first-order chi connectivity index (χ1) is 13.2. The number of thiophene rings is 1. The Morgan fingerprint density at radius 1 is 1.21 bits per heavy atom. The summed E-state index contributed by atoms with van der Waals surface area (Å²) >= 11 is 2.59. The van der Waals surface area contributed by atoms with Gasteiger partial charge in [0, 0.05) is 10.4 Å². The van der Waals surface area contributed by atoms with Crippen LogP contribution in [0.4, 0.5) is 5.00 Å². The molecule has 1 aliphatic carbocycles. The van der Waals surface area contributed by atoms with Gasteiger partial charge in [0.1, 0.15) is 16.0 Å². The number of amides is 2. The predicted octanol–water partition coefficient (Wildman–Crippen LogP) is 4.26. The first-order valence-corrected chi connectivity index (χ1v) is 10.8. The Morgan fingerprint density at radius 2 is 1.96 bits per heavy atom. The summed E-state index contributed by atoms with van der Waals surface area (Å²) in [6, 6.07) is 5.20. The number of rotatable bonds is 3. The van der Waals surface area contributed by atoms with E-state index >= 15 is 0 Å². The van der Waals surface area contributed by atoms with E-state index in [9.17, 15) is 9.59 Å². The summed E-state index contributed by atoms with van der Waals surface area (Å²) < 4.78 is 8.33. The van der Waals surface area contributed by atoms with Crippen LogP contribution in [0.2, 0.25) is 0 Å². The molecule has 2 heterocycles. The zero-order valence-corrected chi connectivity index (χ0v) is 17.7. The van der Waals surface area contributed by atoms with Crippen LogP contribution in [0.25, 0.3) is 11.0 Å². The van der Waals surface area contributed by atoms with Gasteiger partial charge in [-0.1, -0.05) is 20.8 Å². The molecule has 146 valence electrons. The standard InChI is InChI=1S/C20H22N4O2S2/c1-20(2,3)11-5-6-12-15(9-11)27-19(16(12)17(21)25)22-18(26)10-4-7-13-14(8-10)24-28-23-13/h4,7-8,11H,5-6,9H2,1-3H3,(H2,21,25)(H,22,26)/t11-/m1/s1. The van der Waals surface area contributed by atoms with Crippen LogP contribution in [0.5, 0.6) is 0 Å². The number of anilines is 1. The zero-order chi connectivity index (χ0) is 20.1. The van der Waals surface area contributed by atoms with E-state index in [4.69, 9.17) is 5.73 Å². The molecule has 0 fully saturated rings. The molecule has 1 aromatic carbocycles. The molecule has 28 heavy (non-hydrogen) atoms. The predicted molar refractivity (Wildman–Crippen MR) is 113 cm³/mol. The summed E-state index contributed by atoms with van der Waals surface area (Å²) in [7, 11) is 0. The quantitative estimate of drug-likeness (QED) is 0.669. The smallest absolute Gasteiger partial charge is 0.256 e. The molecule has 4 rings (SSSR count). The largest absolute Gasteiger partial charge is 0.365 e. The third-order valence-corrected chi connectivity index (χ3v) is 7.21. The molecule has 0 unspecified atom stereocenters. The highest BCUT2D eigenvalue weighted by atomic mass is 32.1. The second kappa shape index (κ2) is 6.93. The van der Waals surface area contributed by atoms with Gasteiger partial charge in [0.25, 0.3) is 11.8 Å². The van der Waals surface area contributed by atoms with Crippen LogP contribution in [0, 0.1) is 11.3 Å². The lowest BCUT2D eigenvalue weighted by atomic mass is 9.72. The summed E-state index contributed by atoms with van der Waals surface area (Å²) in [5.74, 6) is -0.216. The van der Waals surface area contributed by atoms with Crippen LogP contribution in [0.1, 0.15) is 58.3 Å². The van der Waals surface area contributed by atoms with E-state index in [1.807, 2.05) is 0 Å². The Bertz CT molecular complexity index is 1080. The molecule has 1 aliphatic rings. The lowest BCUT2D eigenvalue weighted by Crippen LogP contribution is -2.27. The SMILES string of the molecule is CC(C)(C)[C@@H]1CCc2c(sc(NC(=O)c3ccc4nsnc4c3)c2C(N)=O)C1. The molecule has 1 atom stereocenters. The number of nitrogens with one attached hydrogen (secondary N) is 1. The Hall–Kier alpha value is -2.32. The van der Waals surface area contributed by atoms with Crippen molar-refractivity contribution in [1.82, 2.24) is 8.75 Å². The monoisotopic (exact) mass is 414 g/mol. The molecule has 3 N–H and O–H groups in total. The topological polar surface area (TPSA) is 98.0 Å². The number of carbonyl (C=O) groups is 2. The van der Waals surface area contributed by atoms with Gasteiger partial charge in [-0.25, -0.2) is 0 Å². The number of hydrogen-bond donors (Lipinski definition) is 2. The van der Waals surface area contributed by atoms with Gasteiger partial charge in [0.05, 0.1) is 17.3 Å². The Labute approximate surface area is 171 Å². The number of primary amides is 1. The molecule has 0 saturated carbocycles. The number of nitrogens with zero attached hydrogens (tertiary/aromatic N) is 2. The minimum atomic E-state index is -0.485. The van der Waals surface area contributed by atoms with Gasteiger partial charge in [-0.3, -0.25) is 9.59 Å². The fraction of sp³-hybridized carbons (Fsp3) is 0.400. The van der Waals surface area contributed by atoms with Gasteiger partial charge in [-0.2, -0.15) is 8.75 Å². The van der Waals surface area contributed by atoms with E-state index in [-0.39, 0.29) is 11.3 Å². The summed E-state index contributed by atoms with van der Waals surface area (Å²) in [5.41, 5.74) is 9.29. The van der Waals surface area contributed by atoms with Crippen molar-refractivity contribution in [3.63, 3.8) is 0 Å². The molecule has 0 saturated heterocycles. The normalized spacial score (nSPS) is 16.8. The zero-order valence-electron chi connectivity index (χ0n) is 16.0. The van der Waals surface area contributed by atoms with Crippen LogP contribution in [0.3, 0.4) is 0 Å². The lowest BCUT2D eigenvalue weighted by Gasteiger charge is -2.33. The average molecular weight is 415 g/mol. The molecule has 0 spiro atoms. The number of benzene rings is 1. The minimum absolute atomic E-state index is 0.203. The van der Waals surface area contributed by atoms with Gasteiger partial charge < -0.3 is 11.1 Å². The van der Waals surface area contributed by atoms with Crippen molar-refractivity contribution >= 4 is 50.9 Å². The Kier molecular flexibility index (Phi) is 4.71. The van der Waals surface area contributed by atoms with Gasteiger partial charge in [0.15, 0.2) is 0 Å². The van der Waals surface area contributed by atoms with Crippen LogP contribution in [-0.4, -0.2) is 20.6 Å². The Balaban J connectivity index is 1.65. The highest BCUT2D eigenvalue weighted by Crippen LogP contribution is 2.44. The number of fused-ring (bicyclic) bond motifs is 2. The summed E-state index contributed by atoms with van der Waals surface area (Å²) in [5, 5.41) is 3.46. The molecule has 3 aromatic rings. The molecule has 6 nitrogen and oxygen atoms in total. The van der Waals surface area contributed by atoms with E-state index in [0.29, 0.717) is 27.6 Å². The first kappa shape index (κ1) is 19.0. The molecule has 2 aromatic heterocycles. The van der Waals surface area contributed by atoms with E-state index in [1.165, 1.54) is 11.3 Å². The van der Waals surface area contributed by atoms with Crippen molar-refractivity contribution in [1.29, 1.82) is 0 Å². The van der Waals surface area contributed by atoms with Crippen LogP contribution in [0.15, 0.2) is 18.2 Å². The molecule has 0 radical (unpaired) electrons. The second-order valence-electron chi connectivity index (χ2n) is 8.30.